The van der Waals surface area contributed by atoms with Crippen molar-refractivity contribution < 1.29 is 4.79 Å². The highest BCUT2D eigenvalue weighted by molar-refractivity contribution is 5.91. The fourth-order valence-electron chi connectivity index (χ4n) is 3.70. The fourth-order valence-corrected chi connectivity index (χ4v) is 3.70. The van der Waals surface area contributed by atoms with Crippen LogP contribution in [-0.2, 0) is 11.8 Å². The first-order valence-electron chi connectivity index (χ1n) is 9.69. The molecule has 4 heteroatoms. The standard InChI is InChI=1S/C21H33N3O/c1-5-11-19-18(6-2)22-21(24(19)4)23-20(25)17-14-9-7-8-12-16(3)13-10-15-17/h5-6,11,16-17H,1,7-10,12-15H2,2-4H3,(H,22,23,25)/b18-6+,19-11+. The number of carbonyl (C=O) groups excluding carboxylic acids is 1. The van der Waals surface area contributed by atoms with Gasteiger partial charge < -0.3 is 4.57 Å². The normalized spacial score (nSPS) is 24.1. The highest BCUT2D eigenvalue weighted by Crippen LogP contribution is 2.25. The lowest BCUT2D eigenvalue weighted by Gasteiger charge is -2.20. The number of carbonyl (C=O) groups is 1. The summed E-state index contributed by atoms with van der Waals surface area (Å²) in [6.07, 6.45) is 15.0. The van der Waals surface area contributed by atoms with Crippen molar-refractivity contribution in [2.75, 3.05) is 5.32 Å². The first kappa shape index (κ1) is 19.5. The molecule has 0 aromatic carbocycles. The molecule has 1 fully saturated rings. The average molecular weight is 344 g/mol. The summed E-state index contributed by atoms with van der Waals surface area (Å²) in [5.74, 6) is 1.63. The van der Waals surface area contributed by atoms with Gasteiger partial charge in [0.1, 0.15) is 0 Å². The Morgan fingerprint density at radius 2 is 1.88 bits per heavy atom. The summed E-state index contributed by atoms with van der Waals surface area (Å²) in [6, 6.07) is 0. The van der Waals surface area contributed by atoms with Gasteiger partial charge in [0.2, 0.25) is 11.9 Å². The molecule has 2 unspecified atom stereocenters. The Balaban J connectivity index is 2.12. The van der Waals surface area contributed by atoms with E-state index in [-0.39, 0.29) is 11.8 Å². The van der Waals surface area contributed by atoms with Gasteiger partial charge in [-0.05, 0) is 31.8 Å². The van der Waals surface area contributed by atoms with Crippen LogP contribution < -0.4 is 16.0 Å². The van der Waals surface area contributed by atoms with Crippen LogP contribution in [0.1, 0.15) is 65.2 Å². The summed E-state index contributed by atoms with van der Waals surface area (Å²) in [5.41, 5.74) is 0. The zero-order valence-corrected chi connectivity index (χ0v) is 16.1. The lowest BCUT2D eigenvalue weighted by atomic mass is 9.88. The number of hydrogen-bond acceptors (Lipinski definition) is 2. The SMILES string of the molecule is C=C/C=c1\c(=C/C)nc(NC(=O)C2CCCCCC(C)CCC2)n1C. The molecule has 1 aromatic rings. The summed E-state index contributed by atoms with van der Waals surface area (Å²) in [6.45, 7) is 8.05. The second-order valence-corrected chi connectivity index (χ2v) is 7.32. The second kappa shape index (κ2) is 9.59. The zero-order valence-electron chi connectivity index (χ0n) is 16.1. The maximum Gasteiger partial charge on any atom is 0.229 e. The van der Waals surface area contributed by atoms with E-state index in [9.17, 15) is 4.79 Å². The molecule has 1 aliphatic carbocycles. The molecule has 1 amide bonds. The van der Waals surface area contributed by atoms with Gasteiger partial charge in [0.25, 0.3) is 0 Å². The maximum atomic E-state index is 12.8. The van der Waals surface area contributed by atoms with Crippen molar-refractivity contribution in [1.29, 1.82) is 0 Å². The van der Waals surface area contributed by atoms with Crippen LogP contribution >= 0.6 is 0 Å². The van der Waals surface area contributed by atoms with E-state index in [4.69, 9.17) is 0 Å². The molecule has 2 atom stereocenters. The number of amides is 1. The van der Waals surface area contributed by atoms with Gasteiger partial charge in [0, 0.05) is 13.0 Å². The second-order valence-electron chi connectivity index (χ2n) is 7.32. The summed E-state index contributed by atoms with van der Waals surface area (Å²) in [4.78, 5) is 17.4. The summed E-state index contributed by atoms with van der Waals surface area (Å²) < 4.78 is 1.93. The predicted molar refractivity (Wildman–Crippen MR) is 105 cm³/mol. The smallest absolute Gasteiger partial charge is 0.229 e. The summed E-state index contributed by atoms with van der Waals surface area (Å²) >= 11 is 0. The molecule has 1 heterocycles. The number of hydrogen-bond donors (Lipinski definition) is 1. The molecule has 2 rings (SSSR count). The van der Waals surface area contributed by atoms with Crippen molar-refractivity contribution >= 4 is 24.0 Å². The number of aromatic nitrogens is 2. The topological polar surface area (TPSA) is 46.9 Å². The van der Waals surface area contributed by atoms with Crippen LogP contribution in [0.15, 0.2) is 12.7 Å². The summed E-state index contributed by atoms with van der Waals surface area (Å²) in [7, 11) is 1.93. The molecule has 0 radical (unpaired) electrons. The number of nitrogens with one attached hydrogen (secondary N) is 1. The third kappa shape index (κ3) is 5.32. The highest BCUT2D eigenvalue weighted by atomic mass is 16.2. The molecule has 4 nitrogen and oxygen atoms in total. The summed E-state index contributed by atoms with van der Waals surface area (Å²) in [5, 5.41) is 4.91. The molecular formula is C21H33N3O. The van der Waals surface area contributed by atoms with E-state index < -0.39 is 0 Å². The van der Waals surface area contributed by atoms with Crippen LogP contribution in [0.3, 0.4) is 0 Å². The van der Waals surface area contributed by atoms with Gasteiger partial charge in [0.05, 0.1) is 10.7 Å². The molecule has 1 N–H and O–H groups in total. The monoisotopic (exact) mass is 343 g/mol. The minimum absolute atomic E-state index is 0.0999. The molecule has 1 saturated carbocycles. The highest BCUT2D eigenvalue weighted by Gasteiger charge is 2.21. The Kier molecular flexibility index (Phi) is 7.48. The van der Waals surface area contributed by atoms with E-state index in [1.54, 1.807) is 6.08 Å². The van der Waals surface area contributed by atoms with Gasteiger partial charge in [0.15, 0.2) is 0 Å². The van der Waals surface area contributed by atoms with Crippen LogP contribution in [0.4, 0.5) is 5.95 Å². The number of anilines is 1. The number of imidazole rings is 1. The quantitative estimate of drug-likeness (QED) is 0.913. The van der Waals surface area contributed by atoms with Crippen molar-refractivity contribution in [3.05, 3.63) is 23.4 Å². The van der Waals surface area contributed by atoms with Crippen molar-refractivity contribution in [2.24, 2.45) is 18.9 Å². The third-order valence-corrected chi connectivity index (χ3v) is 5.32. The van der Waals surface area contributed by atoms with Crippen molar-refractivity contribution in [3.8, 4) is 0 Å². The molecule has 1 aliphatic rings. The van der Waals surface area contributed by atoms with E-state index in [0.717, 1.165) is 42.3 Å². The molecule has 25 heavy (non-hydrogen) atoms. The predicted octanol–water partition coefficient (Wildman–Crippen LogP) is 3.51. The minimum Gasteiger partial charge on any atom is -0.313 e. The molecule has 0 aliphatic heterocycles. The van der Waals surface area contributed by atoms with Crippen LogP contribution in [0.25, 0.3) is 12.2 Å². The van der Waals surface area contributed by atoms with Crippen LogP contribution in [0, 0.1) is 11.8 Å². The van der Waals surface area contributed by atoms with Crippen LogP contribution in [0.2, 0.25) is 0 Å². The molecule has 0 spiro atoms. The first-order chi connectivity index (χ1) is 12.1. The van der Waals surface area contributed by atoms with Crippen molar-refractivity contribution in [2.45, 2.75) is 65.2 Å². The van der Waals surface area contributed by atoms with Gasteiger partial charge in [-0.25, -0.2) is 4.98 Å². The Labute approximate surface area is 151 Å². The largest absolute Gasteiger partial charge is 0.313 e. The molecule has 1 aromatic heterocycles. The zero-order chi connectivity index (χ0) is 18.2. The third-order valence-electron chi connectivity index (χ3n) is 5.32. The molecular weight excluding hydrogens is 310 g/mol. The van der Waals surface area contributed by atoms with E-state index in [1.165, 1.54) is 25.7 Å². The number of allylic oxidation sites excluding steroid dienone is 1. The Hall–Kier alpha value is -1.84. The molecule has 0 bridgehead atoms. The Morgan fingerprint density at radius 3 is 2.60 bits per heavy atom. The van der Waals surface area contributed by atoms with Gasteiger partial charge in [-0.1, -0.05) is 64.2 Å². The van der Waals surface area contributed by atoms with E-state index >= 15 is 0 Å². The average Bonchev–Trinajstić information content (AvgIpc) is 2.89. The molecule has 0 saturated heterocycles. The first-order valence-corrected chi connectivity index (χ1v) is 9.69. The van der Waals surface area contributed by atoms with Crippen LogP contribution in [-0.4, -0.2) is 15.5 Å². The maximum absolute atomic E-state index is 12.8. The Morgan fingerprint density at radius 1 is 1.20 bits per heavy atom. The van der Waals surface area contributed by atoms with Gasteiger partial charge in [-0.2, -0.15) is 0 Å². The lowest BCUT2D eigenvalue weighted by molar-refractivity contribution is -0.120. The van der Waals surface area contributed by atoms with Gasteiger partial charge in [-0.3, -0.25) is 10.1 Å². The Bertz CT molecular complexity index is 701. The van der Waals surface area contributed by atoms with Gasteiger partial charge in [-0.15, -0.1) is 0 Å². The van der Waals surface area contributed by atoms with E-state index in [0.29, 0.717) is 5.95 Å². The van der Waals surface area contributed by atoms with E-state index in [2.05, 4.69) is 23.8 Å². The number of rotatable bonds is 3. The van der Waals surface area contributed by atoms with Gasteiger partial charge >= 0.3 is 0 Å². The van der Waals surface area contributed by atoms with E-state index in [1.807, 2.05) is 30.7 Å². The minimum atomic E-state index is 0.0999. The van der Waals surface area contributed by atoms with Crippen LogP contribution in [0.5, 0.6) is 0 Å². The molecule has 138 valence electrons. The fraction of sp³-hybridized carbons (Fsp3) is 0.619. The van der Waals surface area contributed by atoms with Crippen molar-refractivity contribution in [1.82, 2.24) is 9.55 Å². The van der Waals surface area contributed by atoms with Crippen molar-refractivity contribution in [3.63, 3.8) is 0 Å². The lowest BCUT2D eigenvalue weighted by Crippen LogP contribution is -2.29. The number of nitrogens with zero attached hydrogens (tertiary/aromatic N) is 2.